The minimum absolute atomic E-state index is 0.00813. The van der Waals surface area contributed by atoms with Crippen LogP contribution in [0.1, 0.15) is 21.5 Å². The predicted molar refractivity (Wildman–Crippen MR) is 87.2 cm³/mol. The Hall–Kier alpha value is -1.94. The maximum absolute atomic E-state index is 12.5. The van der Waals surface area contributed by atoms with Crippen molar-refractivity contribution >= 4 is 18.5 Å². The molecule has 4 heteroatoms. The van der Waals surface area contributed by atoms with Crippen molar-refractivity contribution in [3.63, 3.8) is 0 Å². The molecule has 110 valence electrons. The summed E-state index contributed by atoms with van der Waals surface area (Å²) in [6.07, 6.45) is 0. The monoisotopic (exact) mass is 301 g/mol. The van der Waals surface area contributed by atoms with Crippen molar-refractivity contribution in [2.45, 2.75) is 18.4 Å². The third-order valence-electron chi connectivity index (χ3n) is 3.35. The summed E-state index contributed by atoms with van der Waals surface area (Å²) in [5, 5.41) is 0. The van der Waals surface area contributed by atoms with Crippen LogP contribution in [0.3, 0.4) is 0 Å². The van der Waals surface area contributed by atoms with Gasteiger partial charge in [-0.25, -0.2) is 0 Å². The van der Waals surface area contributed by atoms with Gasteiger partial charge in [0.05, 0.1) is 7.11 Å². The van der Waals surface area contributed by atoms with Crippen molar-refractivity contribution in [3.05, 3.63) is 59.2 Å². The number of benzene rings is 2. The first-order chi connectivity index (χ1) is 10.0. The highest BCUT2D eigenvalue weighted by molar-refractivity contribution is 7.80. The summed E-state index contributed by atoms with van der Waals surface area (Å²) in [4.78, 5) is 15.0. The molecular formula is C17H19NO2S. The van der Waals surface area contributed by atoms with Crippen molar-refractivity contribution in [2.75, 3.05) is 14.2 Å². The SMILES string of the molecule is COc1cccc(CN(C)C(=O)c2cc(S)ccc2C)c1. The van der Waals surface area contributed by atoms with Crippen LogP contribution in [0, 0.1) is 6.92 Å². The van der Waals surface area contributed by atoms with Crippen LogP contribution >= 0.6 is 12.6 Å². The van der Waals surface area contributed by atoms with Gasteiger partial charge in [0.15, 0.2) is 0 Å². The Kier molecular flexibility index (Phi) is 4.91. The number of ether oxygens (including phenoxy) is 1. The molecule has 3 nitrogen and oxygen atoms in total. The van der Waals surface area contributed by atoms with E-state index >= 15 is 0 Å². The van der Waals surface area contributed by atoms with Gasteiger partial charge in [0.25, 0.3) is 5.91 Å². The van der Waals surface area contributed by atoms with Gasteiger partial charge in [0.2, 0.25) is 0 Å². The first kappa shape index (κ1) is 15.4. The Morgan fingerprint density at radius 3 is 2.71 bits per heavy atom. The molecule has 0 aliphatic heterocycles. The van der Waals surface area contributed by atoms with Crippen LogP contribution in [0.15, 0.2) is 47.4 Å². The fourth-order valence-corrected chi connectivity index (χ4v) is 2.37. The summed E-state index contributed by atoms with van der Waals surface area (Å²) < 4.78 is 5.20. The molecule has 0 aliphatic rings. The minimum atomic E-state index is -0.00813. The Labute approximate surface area is 131 Å². The third-order valence-corrected chi connectivity index (χ3v) is 3.63. The van der Waals surface area contributed by atoms with E-state index in [1.807, 2.05) is 49.4 Å². The number of hydrogen-bond donors (Lipinski definition) is 1. The molecule has 0 aliphatic carbocycles. The third kappa shape index (κ3) is 3.79. The fraction of sp³-hybridized carbons (Fsp3) is 0.235. The van der Waals surface area contributed by atoms with E-state index < -0.39 is 0 Å². The second kappa shape index (κ2) is 6.68. The topological polar surface area (TPSA) is 29.5 Å². The van der Waals surface area contributed by atoms with Crippen LogP contribution < -0.4 is 4.74 Å². The lowest BCUT2D eigenvalue weighted by molar-refractivity contribution is 0.0784. The van der Waals surface area contributed by atoms with E-state index in [-0.39, 0.29) is 5.91 Å². The summed E-state index contributed by atoms with van der Waals surface area (Å²) in [6, 6.07) is 13.3. The molecule has 0 unspecified atom stereocenters. The Morgan fingerprint density at radius 2 is 2.00 bits per heavy atom. The van der Waals surface area contributed by atoms with Crippen molar-refractivity contribution < 1.29 is 9.53 Å². The molecule has 0 N–H and O–H groups in total. The lowest BCUT2D eigenvalue weighted by Crippen LogP contribution is -2.26. The van der Waals surface area contributed by atoms with E-state index in [1.165, 1.54) is 0 Å². The zero-order valence-corrected chi connectivity index (χ0v) is 13.4. The van der Waals surface area contributed by atoms with Gasteiger partial charge < -0.3 is 9.64 Å². The average molecular weight is 301 g/mol. The molecule has 0 saturated carbocycles. The fourth-order valence-electron chi connectivity index (χ4n) is 2.16. The van der Waals surface area contributed by atoms with Gasteiger partial charge in [-0.2, -0.15) is 0 Å². The standard InChI is InChI=1S/C17H19NO2S/c1-12-7-8-15(21)10-16(12)17(19)18(2)11-13-5-4-6-14(9-13)20-3/h4-10,21H,11H2,1-3H3. The summed E-state index contributed by atoms with van der Waals surface area (Å²) >= 11 is 4.30. The zero-order chi connectivity index (χ0) is 15.4. The zero-order valence-electron chi connectivity index (χ0n) is 12.5. The van der Waals surface area contributed by atoms with Crippen LogP contribution in [0.4, 0.5) is 0 Å². The van der Waals surface area contributed by atoms with Crippen LogP contribution in [0.5, 0.6) is 5.75 Å². The highest BCUT2D eigenvalue weighted by atomic mass is 32.1. The molecule has 2 aromatic carbocycles. The quantitative estimate of drug-likeness (QED) is 0.875. The maximum atomic E-state index is 12.5. The van der Waals surface area contributed by atoms with Gasteiger partial charge in [-0.3, -0.25) is 4.79 Å². The van der Waals surface area contributed by atoms with Crippen molar-refractivity contribution in [1.82, 2.24) is 4.90 Å². The van der Waals surface area contributed by atoms with Gasteiger partial charge in [-0.1, -0.05) is 18.2 Å². The summed E-state index contributed by atoms with van der Waals surface area (Å²) in [5.41, 5.74) is 2.67. The lowest BCUT2D eigenvalue weighted by Gasteiger charge is -2.19. The van der Waals surface area contributed by atoms with Crippen LogP contribution in [-0.4, -0.2) is 25.0 Å². The summed E-state index contributed by atoms with van der Waals surface area (Å²) in [5.74, 6) is 0.785. The normalized spacial score (nSPS) is 10.3. The molecule has 1 amide bonds. The molecule has 0 fully saturated rings. The molecular weight excluding hydrogens is 282 g/mol. The van der Waals surface area contributed by atoms with Gasteiger partial charge in [-0.15, -0.1) is 12.6 Å². The molecule has 0 bridgehead atoms. The van der Waals surface area contributed by atoms with Crippen molar-refractivity contribution in [3.8, 4) is 5.75 Å². The van der Waals surface area contributed by atoms with Crippen molar-refractivity contribution in [2.24, 2.45) is 0 Å². The molecule has 0 heterocycles. The first-order valence-corrected chi connectivity index (χ1v) is 7.14. The number of aryl methyl sites for hydroxylation is 1. The number of amides is 1. The number of thiol groups is 1. The van der Waals surface area contributed by atoms with E-state index in [0.717, 1.165) is 21.8 Å². The van der Waals surface area contributed by atoms with E-state index in [9.17, 15) is 4.79 Å². The highest BCUT2D eigenvalue weighted by Crippen LogP contribution is 2.18. The van der Waals surface area contributed by atoms with Crippen molar-refractivity contribution in [1.29, 1.82) is 0 Å². The van der Waals surface area contributed by atoms with E-state index in [2.05, 4.69) is 12.6 Å². The molecule has 0 saturated heterocycles. The molecule has 0 aromatic heterocycles. The smallest absolute Gasteiger partial charge is 0.254 e. The minimum Gasteiger partial charge on any atom is -0.497 e. The lowest BCUT2D eigenvalue weighted by atomic mass is 10.1. The number of rotatable bonds is 4. The van der Waals surface area contributed by atoms with Gasteiger partial charge in [0, 0.05) is 24.1 Å². The second-order valence-corrected chi connectivity index (χ2v) is 5.53. The Bertz CT molecular complexity index is 655. The van der Waals surface area contributed by atoms with Crippen LogP contribution in [0.25, 0.3) is 0 Å². The van der Waals surface area contributed by atoms with Gasteiger partial charge >= 0.3 is 0 Å². The van der Waals surface area contributed by atoms with E-state index in [0.29, 0.717) is 12.1 Å². The van der Waals surface area contributed by atoms with Crippen LogP contribution in [0.2, 0.25) is 0 Å². The van der Waals surface area contributed by atoms with Gasteiger partial charge in [0.1, 0.15) is 5.75 Å². The van der Waals surface area contributed by atoms with E-state index in [1.54, 1.807) is 19.1 Å². The number of hydrogen-bond acceptors (Lipinski definition) is 3. The first-order valence-electron chi connectivity index (χ1n) is 6.69. The molecule has 2 aromatic rings. The number of carbonyl (C=O) groups excluding carboxylic acids is 1. The summed E-state index contributed by atoms with van der Waals surface area (Å²) in [6.45, 7) is 2.46. The average Bonchev–Trinajstić information content (AvgIpc) is 2.49. The molecule has 21 heavy (non-hydrogen) atoms. The number of nitrogens with zero attached hydrogens (tertiary/aromatic N) is 1. The molecule has 2 rings (SSSR count). The number of carbonyl (C=O) groups is 1. The molecule has 0 radical (unpaired) electrons. The summed E-state index contributed by atoms with van der Waals surface area (Å²) in [7, 11) is 3.43. The molecule has 0 atom stereocenters. The van der Waals surface area contributed by atoms with E-state index in [4.69, 9.17) is 4.74 Å². The molecule has 0 spiro atoms. The second-order valence-electron chi connectivity index (χ2n) is 5.01. The Morgan fingerprint density at radius 1 is 1.24 bits per heavy atom. The van der Waals surface area contributed by atoms with Gasteiger partial charge in [-0.05, 0) is 42.3 Å². The largest absolute Gasteiger partial charge is 0.497 e. The number of methoxy groups -OCH3 is 1. The predicted octanol–water partition coefficient (Wildman–Crippen LogP) is 3.56. The Balaban J connectivity index is 2.17. The highest BCUT2D eigenvalue weighted by Gasteiger charge is 2.14. The maximum Gasteiger partial charge on any atom is 0.254 e. The van der Waals surface area contributed by atoms with Crippen LogP contribution in [-0.2, 0) is 6.54 Å².